The third-order valence-electron chi connectivity index (χ3n) is 6.34. The van der Waals surface area contributed by atoms with E-state index in [9.17, 15) is 9.90 Å². The van der Waals surface area contributed by atoms with E-state index in [1.165, 1.54) is 10.4 Å². The van der Waals surface area contributed by atoms with E-state index in [4.69, 9.17) is 4.43 Å². The molecule has 32 heavy (non-hydrogen) atoms. The molecule has 0 aliphatic rings. The molecule has 2 aromatic carbocycles. The highest BCUT2D eigenvalue weighted by atomic mass is 28.4. The molecule has 0 radical (unpaired) electrons. The van der Waals surface area contributed by atoms with Crippen molar-refractivity contribution >= 4 is 24.5 Å². The average molecular weight is 455 g/mol. The van der Waals surface area contributed by atoms with Crippen molar-refractivity contribution in [2.45, 2.75) is 85.5 Å². The van der Waals surface area contributed by atoms with Crippen LogP contribution in [0.3, 0.4) is 0 Å². The van der Waals surface area contributed by atoms with Gasteiger partial charge in [0.05, 0.1) is 12.2 Å². The molecule has 2 rings (SSSR count). The third-order valence-corrected chi connectivity index (χ3v) is 11.4. The first-order valence-electron chi connectivity index (χ1n) is 11.8. The van der Waals surface area contributed by atoms with Gasteiger partial charge in [-0.3, -0.25) is 4.79 Å². The second-order valence-electron chi connectivity index (χ2n) is 11.4. The lowest BCUT2D eigenvalue weighted by molar-refractivity contribution is -0.124. The van der Waals surface area contributed by atoms with E-state index in [0.29, 0.717) is 6.42 Å². The molecule has 2 aromatic rings. The van der Waals surface area contributed by atoms with Crippen LogP contribution < -0.4 is 10.4 Å². The summed E-state index contributed by atoms with van der Waals surface area (Å²) in [6.07, 6.45) is -0.400. The average Bonchev–Trinajstić information content (AvgIpc) is 2.70. The van der Waals surface area contributed by atoms with E-state index < -0.39 is 14.4 Å². The minimum absolute atomic E-state index is 0.0593. The Hall–Kier alpha value is -1.75. The summed E-state index contributed by atoms with van der Waals surface area (Å²) in [5.74, 6) is 0.233. The SMILES string of the molecule is CC(C)[C@H](CC(=O)C[C@H](O)C(C)(C)C)O[Si](c1ccccc1)(c1ccccc1)C(C)(C)C. The number of carbonyl (C=O) groups excluding carboxylic acids is 1. The van der Waals surface area contributed by atoms with Crippen molar-refractivity contribution in [1.29, 1.82) is 0 Å². The van der Waals surface area contributed by atoms with Crippen molar-refractivity contribution in [3.05, 3.63) is 60.7 Å². The van der Waals surface area contributed by atoms with Crippen LogP contribution in [0.5, 0.6) is 0 Å². The van der Waals surface area contributed by atoms with Crippen LogP contribution in [0.4, 0.5) is 0 Å². The summed E-state index contributed by atoms with van der Waals surface area (Å²) >= 11 is 0. The van der Waals surface area contributed by atoms with E-state index in [1.54, 1.807) is 0 Å². The molecule has 2 atom stereocenters. The zero-order chi connectivity index (χ0) is 24.2. The molecule has 0 amide bonds. The number of Topliss-reactive ketones (excluding diaryl/α,β-unsaturated/α-hetero) is 1. The Morgan fingerprint density at radius 1 is 0.844 bits per heavy atom. The largest absolute Gasteiger partial charge is 0.404 e. The van der Waals surface area contributed by atoms with Gasteiger partial charge in [0.2, 0.25) is 0 Å². The standard InChI is InChI=1S/C28H42O3Si/c1-21(2)25(19-22(29)20-26(30)27(3,4)5)31-32(28(6,7)8,23-15-11-9-12-16-23)24-17-13-10-14-18-24/h9-18,21,25-26,30H,19-20H2,1-8H3/t25-,26-/m0/s1. The van der Waals surface area contributed by atoms with E-state index in [0.717, 1.165) is 0 Å². The van der Waals surface area contributed by atoms with Crippen LogP contribution >= 0.6 is 0 Å². The maximum absolute atomic E-state index is 13.0. The zero-order valence-corrected chi connectivity index (χ0v) is 22.2. The normalized spacial score (nSPS) is 14.9. The van der Waals surface area contributed by atoms with Gasteiger partial charge in [-0.15, -0.1) is 0 Å². The molecule has 0 aromatic heterocycles. The fourth-order valence-electron chi connectivity index (χ4n) is 4.16. The van der Waals surface area contributed by atoms with Gasteiger partial charge in [-0.1, -0.05) is 116 Å². The number of hydrogen-bond donors (Lipinski definition) is 1. The number of ketones is 1. The highest BCUT2D eigenvalue weighted by Crippen LogP contribution is 2.38. The second kappa shape index (κ2) is 10.5. The van der Waals surface area contributed by atoms with Gasteiger partial charge in [0.25, 0.3) is 8.32 Å². The Labute approximate surface area is 196 Å². The summed E-state index contributed by atoms with van der Waals surface area (Å²) in [5.41, 5.74) is -0.318. The van der Waals surface area contributed by atoms with Crippen LogP contribution in [0, 0.1) is 11.3 Å². The Morgan fingerprint density at radius 3 is 1.62 bits per heavy atom. The van der Waals surface area contributed by atoms with Crippen LogP contribution in [-0.4, -0.2) is 31.4 Å². The molecular weight excluding hydrogens is 412 g/mol. The molecule has 0 saturated carbocycles. The minimum atomic E-state index is -2.73. The molecule has 0 aliphatic heterocycles. The minimum Gasteiger partial charge on any atom is -0.404 e. The molecule has 0 bridgehead atoms. The van der Waals surface area contributed by atoms with Crippen molar-refractivity contribution in [1.82, 2.24) is 0 Å². The molecule has 176 valence electrons. The maximum Gasteiger partial charge on any atom is 0.261 e. The van der Waals surface area contributed by atoms with Crippen LogP contribution in [0.1, 0.15) is 68.2 Å². The number of benzene rings is 2. The van der Waals surface area contributed by atoms with Crippen LogP contribution in [-0.2, 0) is 9.22 Å². The van der Waals surface area contributed by atoms with Crippen LogP contribution in [0.25, 0.3) is 0 Å². The van der Waals surface area contributed by atoms with Crippen molar-refractivity contribution < 1.29 is 14.3 Å². The maximum atomic E-state index is 13.0. The van der Waals surface area contributed by atoms with Gasteiger partial charge < -0.3 is 9.53 Å². The number of carbonyl (C=O) groups is 1. The van der Waals surface area contributed by atoms with Crippen molar-refractivity contribution in [3.63, 3.8) is 0 Å². The van der Waals surface area contributed by atoms with Gasteiger partial charge in [-0.05, 0) is 26.7 Å². The van der Waals surface area contributed by atoms with Gasteiger partial charge in [0, 0.05) is 12.8 Å². The van der Waals surface area contributed by atoms with Crippen molar-refractivity contribution in [2.24, 2.45) is 11.3 Å². The lowest BCUT2D eigenvalue weighted by Crippen LogP contribution is -2.68. The monoisotopic (exact) mass is 454 g/mol. The highest BCUT2D eigenvalue weighted by molar-refractivity contribution is 6.99. The molecule has 0 saturated heterocycles. The lowest BCUT2D eigenvalue weighted by Gasteiger charge is -2.46. The van der Waals surface area contributed by atoms with Gasteiger partial charge in [0.15, 0.2) is 0 Å². The summed E-state index contributed by atoms with van der Waals surface area (Å²) in [6, 6.07) is 21.1. The Morgan fingerprint density at radius 2 is 1.28 bits per heavy atom. The number of aliphatic hydroxyl groups is 1. The molecular formula is C28H42O3Si. The third kappa shape index (κ3) is 6.18. The molecule has 0 aliphatic carbocycles. The summed E-state index contributed by atoms with van der Waals surface area (Å²) in [7, 11) is -2.73. The first-order chi connectivity index (χ1) is 14.8. The Bertz CT molecular complexity index is 808. The highest BCUT2D eigenvalue weighted by Gasteiger charge is 2.51. The summed E-state index contributed by atoms with van der Waals surface area (Å²) in [4.78, 5) is 13.0. The molecule has 0 heterocycles. The predicted octanol–water partition coefficient (Wildman–Crippen LogP) is 5.34. The van der Waals surface area contributed by atoms with Crippen molar-refractivity contribution in [3.8, 4) is 0 Å². The molecule has 1 N–H and O–H groups in total. The van der Waals surface area contributed by atoms with Gasteiger partial charge in [-0.2, -0.15) is 0 Å². The topological polar surface area (TPSA) is 46.5 Å². The quantitative estimate of drug-likeness (QED) is 0.520. The first-order valence-corrected chi connectivity index (χ1v) is 13.7. The van der Waals surface area contributed by atoms with Crippen LogP contribution in [0.15, 0.2) is 60.7 Å². The molecule has 3 nitrogen and oxygen atoms in total. The number of rotatable bonds is 9. The first kappa shape index (κ1) is 26.5. The van der Waals surface area contributed by atoms with E-state index in [1.807, 2.05) is 32.9 Å². The summed E-state index contributed by atoms with van der Waals surface area (Å²) in [6.45, 7) is 16.9. The van der Waals surface area contributed by atoms with Gasteiger partial charge in [0.1, 0.15) is 5.78 Å². The van der Waals surface area contributed by atoms with E-state index in [2.05, 4.69) is 83.1 Å². The number of aliphatic hydroxyl groups excluding tert-OH is 1. The van der Waals surface area contributed by atoms with Gasteiger partial charge in [-0.25, -0.2) is 0 Å². The second-order valence-corrected chi connectivity index (χ2v) is 15.6. The Kier molecular flexibility index (Phi) is 8.66. The fourth-order valence-corrected chi connectivity index (χ4v) is 8.99. The summed E-state index contributed by atoms with van der Waals surface area (Å²) < 4.78 is 7.21. The Balaban J connectivity index is 2.50. The zero-order valence-electron chi connectivity index (χ0n) is 21.2. The molecule has 0 unspecified atom stereocenters. The number of hydrogen-bond acceptors (Lipinski definition) is 3. The van der Waals surface area contributed by atoms with E-state index >= 15 is 0 Å². The smallest absolute Gasteiger partial charge is 0.261 e. The van der Waals surface area contributed by atoms with Crippen LogP contribution in [0.2, 0.25) is 5.04 Å². The summed E-state index contributed by atoms with van der Waals surface area (Å²) in [5, 5.41) is 12.8. The van der Waals surface area contributed by atoms with E-state index in [-0.39, 0.29) is 34.7 Å². The molecule has 0 spiro atoms. The van der Waals surface area contributed by atoms with Gasteiger partial charge >= 0.3 is 0 Å². The molecule has 0 fully saturated rings. The fraction of sp³-hybridized carbons (Fsp3) is 0.536. The van der Waals surface area contributed by atoms with Crippen molar-refractivity contribution in [2.75, 3.05) is 0 Å². The molecule has 4 heteroatoms. The predicted molar refractivity (Wildman–Crippen MR) is 137 cm³/mol. The lowest BCUT2D eigenvalue weighted by atomic mass is 9.85.